The minimum Gasteiger partial charge on any atom is -0.497 e. The molecule has 1 fully saturated rings. The van der Waals surface area contributed by atoms with Crippen LogP contribution in [0.2, 0.25) is 0 Å². The van der Waals surface area contributed by atoms with Gasteiger partial charge in [-0.05, 0) is 42.7 Å². The van der Waals surface area contributed by atoms with Crippen LogP contribution in [0.4, 0.5) is 0 Å². The van der Waals surface area contributed by atoms with E-state index in [0.29, 0.717) is 18.0 Å². The highest BCUT2D eigenvalue weighted by molar-refractivity contribution is 7.89. The van der Waals surface area contributed by atoms with E-state index in [1.807, 2.05) is 24.3 Å². The highest BCUT2D eigenvalue weighted by Gasteiger charge is 2.35. The molecule has 2 aromatic carbocycles. The Balaban J connectivity index is 1.93. The number of nitrogens with zero attached hydrogens (tertiary/aromatic N) is 1. The molecule has 0 aromatic heterocycles. The molecule has 0 aliphatic heterocycles. The third-order valence-corrected chi connectivity index (χ3v) is 6.84. The molecule has 0 atom stereocenters. The second-order valence-corrected chi connectivity index (χ2v) is 8.39. The first-order valence-electron chi connectivity index (χ1n) is 8.86. The SMILES string of the molecule is COc1ccc(CN(C2CCC2)S(=O)(=O)c2ccc(OC)c(OC)c2)cc1. The smallest absolute Gasteiger partial charge is 0.243 e. The summed E-state index contributed by atoms with van der Waals surface area (Å²) in [5, 5.41) is 0. The van der Waals surface area contributed by atoms with Crippen LogP contribution in [0, 0.1) is 0 Å². The Morgan fingerprint density at radius 3 is 2.11 bits per heavy atom. The molecular weight excluding hydrogens is 366 g/mol. The van der Waals surface area contributed by atoms with Crippen LogP contribution >= 0.6 is 0 Å². The largest absolute Gasteiger partial charge is 0.497 e. The number of hydrogen-bond donors (Lipinski definition) is 0. The van der Waals surface area contributed by atoms with Crippen molar-refractivity contribution in [3.05, 3.63) is 48.0 Å². The van der Waals surface area contributed by atoms with Gasteiger partial charge in [-0.1, -0.05) is 18.6 Å². The average molecular weight is 391 g/mol. The third kappa shape index (κ3) is 4.04. The van der Waals surface area contributed by atoms with E-state index in [4.69, 9.17) is 14.2 Å². The zero-order valence-electron chi connectivity index (χ0n) is 15.8. The van der Waals surface area contributed by atoms with E-state index in [9.17, 15) is 8.42 Å². The first kappa shape index (κ1) is 19.5. The van der Waals surface area contributed by atoms with Crippen molar-refractivity contribution in [2.75, 3.05) is 21.3 Å². The lowest BCUT2D eigenvalue weighted by Crippen LogP contribution is -2.43. The Bertz CT molecular complexity index is 876. The molecule has 2 aromatic rings. The fraction of sp³-hybridized carbons (Fsp3) is 0.400. The number of sulfonamides is 1. The summed E-state index contributed by atoms with van der Waals surface area (Å²) in [6, 6.07) is 12.2. The van der Waals surface area contributed by atoms with Gasteiger partial charge in [0.2, 0.25) is 10.0 Å². The molecule has 0 unspecified atom stereocenters. The molecule has 0 N–H and O–H groups in total. The monoisotopic (exact) mass is 391 g/mol. The summed E-state index contributed by atoms with van der Waals surface area (Å²) in [4.78, 5) is 0.209. The molecule has 0 amide bonds. The summed E-state index contributed by atoms with van der Waals surface area (Å²) in [6.07, 6.45) is 2.80. The van der Waals surface area contributed by atoms with Gasteiger partial charge in [0.15, 0.2) is 11.5 Å². The molecule has 0 radical (unpaired) electrons. The molecule has 1 aliphatic rings. The zero-order chi connectivity index (χ0) is 19.4. The first-order chi connectivity index (χ1) is 13.0. The van der Waals surface area contributed by atoms with Crippen LogP contribution < -0.4 is 14.2 Å². The zero-order valence-corrected chi connectivity index (χ0v) is 16.7. The van der Waals surface area contributed by atoms with Crippen LogP contribution in [0.1, 0.15) is 24.8 Å². The number of benzene rings is 2. The maximum Gasteiger partial charge on any atom is 0.243 e. The van der Waals surface area contributed by atoms with Crippen LogP contribution in [0.5, 0.6) is 17.2 Å². The normalized spacial score (nSPS) is 14.7. The Hall–Kier alpha value is -2.25. The highest BCUT2D eigenvalue weighted by Crippen LogP contribution is 2.35. The molecule has 0 heterocycles. The molecule has 3 rings (SSSR count). The molecular formula is C20H25NO5S. The van der Waals surface area contributed by atoms with E-state index in [0.717, 1.165) is 30.6 Å². The second kappa shape index (κ2) is 8.19. The van der Waals surface area contributed by atoms with Crippen LogP contribution in [0.15, 0.2) is 47.4 Å². The van der Waals surface area contributed by atoms with Gasteiger partial charge in [-0.15, -0.1) is 0 Å². The summed E-state index contributed by atoms with van der Waals surface area (Å²) in [6.45, 7) is 0.325. The molecule has 7 heteroatoms. The van der Waals surface area contributed by atoms with Gasteiger partial charge >= 0.3 is 0 Å². The molecule has 0 bridgehead atoms. The van der Waals surface area contributed by atoms with E-state index in [1.54, 1.807) is 23.5 Å². The van der Waals surface area contributed by atoms with Crippen LogP contribution in [-0.2, 0) is 16.6 Å². The van der Waals surface area contributed by atoms with Crippen molar-refractivity contribution in [3.8, 4) is 17.2 Å². The van der Waals surface area contributed by atoms with Crippen LogP contribution in [-0.4, -0.2) is 40.1 Å². The lowest BCUT2D eigenvalue weighted by atomic mass is 9.93. The maximum absolute atomic E-state index is 13.4. The molecule has 146 valence electrons. The fourth-order valence-corrected chi connectivity index (χ4v) is 4.80. The van der Waals surface area contributed by atoms with Crippen molar-refractivity contribution in [2.24, 2.45) is 0 Å². The Kier molecular flexibility index (Phi) is 5.92. The summed E-state index contributed by atoms with van der Waals surface area (Å²) in [5.74, 6) is 1.65. The molecule has 0 spiro atoms. The minimum absolute atomic E-state index is 0.0187. The van der Waals surface area contributed by atoms with Gasteiger partial charge in [-0.3, -0.25) is 0 Å². The van der Waals surface area contributed by atoms with Crippen molar-refractivity contribution in [2.45, 2.75) is 36.7 Å². The van der Waals surface area contributed by atoms with E-state index in [2.05, 4.69) is 0 Å². The van der Waals surface area contributed by atoms with Crippen molar-refractivity contribution < 1.29 is 22.6 Å². The lowest BCUT2D eigenvalue weighted by Gasteiger charge is -2.36. The Labute approximate surface area is 160 Å². The lowest BCUT2D eigenvalue weighted by molar-refractivity contribution is 0.213. The summed E-state index contributed by atoms with van der Waals surface area (Å²) >= 11 is 0. The number of rotatable bonds is 8. The quantitative estimate of drug-likeness (QED) is 0.690. The van der Waals surface area contributed by atoms with Crippen LogP contribution in [0.3, 0.4) is 0 Å². The van der Waals surface area contributed by atoms with E-state index in [-0.39, 0.29) is 10.9 Å². The van der Waals surface area contributed by atoms with Gasteiger partial charge in [0.05, 0.1) is 26.2 Å². The van der Waals surface area contributed by atoms with Crippen molar-refractivity contribution in [3.63, 3.8) is 0 Å². The Morgan fingerprint density at radius 2 is 1.59 bits per heavy atom. The first-order valence-corrected chi connectivity index (χ1v) is 10.3. The molecule has 1 aliphatic carbocycles. The fourth-order valence-electron chi connectivity index (χ4n) is 3.11. The van der Waals surface area contributed by atoms with Gasteiger partial charge in [0.25, 0.3) is 0 Å². The number of methoxy groups -OCH3 is 3. The highest BCUT2D eigenvalue weighted by atomic mass is 32.2. The van der Waals surface area contributed by atoms with Gasteiger partial charge < -0.3 is 14.2 Å². The van der Waals surface area contributed by atoms with E-state index in [1.165, 1.54) is 20.3 Å². The molecule has 27 heavy (non-hydrogen) atoms. The average Bonchev–Trinajstić information content (AvgIpc) is 2.66. The minimum atomic E-state index is -3.67. The maximum atomic E-state index is 13.4. The predicted molar refractivity (Wildman–Crippen MR) is 103 cm³/mol. The van der Waals surface area contributed by atoms with Crippen molar-refractivity contribution in [1.82, 2.24) is 4.31 Å². The predicted octanol–water partition coefficient (Wildman–Crippen LogP) is 3.46. The topological polar surface area (TPSA) is 65.1 Å². The van der Waals surface area contributed by atoms with Crippen molar-refractivity contribution >= 4 is 10.0 Å². The van der Waals surface area contributed by atoms with E-state index >= 15 is 0 Å². The summed E-state index contributed by atoms with van der Waals surface area (Å²) in [5.41, 5.74) is 0.923. The molecule has 6 nitrogen and oxygen atoms in total. The van der Waals surface area contributed by atoms with Gasteiger partial charge in [0.1, 0.15) is 5.75 Å². The van der Waals surface area contributed by atoms with Crippen LogP contribution in [0.25, 0.3) is 0 Å². The number of hydrogen-bond acceptors (Lipinski definition) is 5. The second-order valence-electron chi connectivity index (χ2n) is 6.50. The Morgan fingerprint density at radius 1 is 0.926 bits per heavy atom. The summed E-state index contributed by atoms with van der Waals surface area (Å²) < 4.78 is 44.0. The molecule has 1 saturated carbocycles. The van der Waals surface area contributed by atoms with Gasteiger partial charge in [-0.2, -0.15) is 4.31 Å². The molecule has 0 saturated heterocycles. The van der Waals surface area contributed by atoms with Gasteiger partial charge in [-0.25, -0.2) is 8.42 Å². The summed E-state index contributed by atoms with van der Waals surface area (Å²) in [7, 11) is 0.962. The van der Waals surface area contributed by atoms with E-state index < -0.39 is 10.0 Å². The van der Waals surface area contributed by atoms with Crippen molar-refractivity contribution in [1.29, 1.82) is 0 Å². The number of ether oxygens (including phenoxy) is 3. The standard InChI is InChI=1S/C20H25NO5S/c1-24-17-9-7-15(8-10-17)14-21(16-5-4-6-16)27(22,23)18-11-12-19(25-2)20(13-18)26-3/h7-13,16H,4-6,14H2,1-3H3. The third-order valence-electron chi connectivity index (χ3n) is 4.94. The van der Waals surface area contributed by atoms with Gasteiger partial charge in [0, 0.05) is 18.7 Å².